The van der Waals surface area contributed by atoms with E-state index in [0.29, 0.717) is 25.3 Å². The summed E-state index contributed by atoms with van der Waals surface area (Å²) in [6, 6.07) is 13.3. The zero-order valence-electron chi connectivity index (χ0n) is 20.0. The van der Waals surface area contributed by atoms with Crippen LogP contribution < -0.4 is 5.44 Å². The van der Waals surface area contributed by atoms with E-state index in [9.17, 15) is 4.79 Å². The van der Waals surface area contributed by atoms with Crippen LogP contribution >= 0.6 is 20.8 Å². The topological polar surface area (TPSA) is 72.7 Å². The van der Waals surface area contributed by atoms with E-state index in [4.69, 9.17) is 17.0 Å². The Labute approximate surface area is 209 Å². The molecular weight excluding hydrogens is 465 g/mol. The summed E-state index contributed by atoms with van der Waals surface area (Å²) in [5.74, 6) is 0.417. The highest BCUT2D eigenvalue weighted by Crippen LogP contribution is 2.19. The summed E-state index contributed by atoms with van der Waals surface area (Å²) >= 11 is 6.12. The molecule has 1 fully saturated rings. The largest absolute Gasteiger partial charge is 0.365 e. The number of nitrogens with zero attached hydrogens (tertiary/aromatic N) is 4. The summed E-state index contributed by atoms with van der Waals surface area (Å²) in [6.45, 7) is 7.95. The molecule has 3 atom stereocenters. The average molecular weight is 498 g/mol. The standard InChI is InChI=1S/C26H33ClN5OP/c1-4-19(14-20-8-6-9-21(27)15-20)16-29-25(28)23(5-2)31-12-13-32(18(3)17-31)26(33)22-10-7-11-24(34)30-22/h5-11,15-16,18-19,28H,4,12-14,17,34H2,1-3H3/b23-5?,28-25?,29-16-/t18-,19?/m0/s1. The van der Waals surface area contributed by atoms with Crippen LogP contribution in [0.2, 0.25) is 5.02 Å². The van der Waals surface area contributed by atoms with Gasteiger partial charge in [-0.25, -0.2) is 9.98 Å². The lowest BCUT2D eigenvalue weighted by molar-refractivity contribution is 0.0545. The number of nitrogens with one attached hydrogen (secondary N) is 1. The second kappa shape index (κ2) is 12.2. The summed E-state index contributed by atoms with van der Waals surface area (Å²) in [5, 5.41) is 9.33. The molecule has 1 aromatic heterocycles. The third-order valence-electron chi connectivity index (χ3n) is 6.06. The van der Waals surface area contributed by atoms with Crippen LogP contribution in [0.5, 0.6) is 0 Å². The molecule has 2 unspecified atom stereocenters. The number of aliphatic imine (C=N–C) groups is 1. The van der Waals surface area contributed by atoms with Crippen molar-refractivity contribution in [2.75, 3.05) is 19.6 Å². The Hall–Kier alpha value is -2.56. The van der Waals surface area contributed by atoms with Crippen LogP contribution in [0.4, 0.5) is 0 Å². The number of amidine groups is 1. The van der Waals surface area contributed by atoms with Gasteiger partial charge in [0.25, 0.3) is 5.91 Å². The number of allylic oxidation sites excluding steroid dienone is 1. The number of aromatic nitrogens is 1. The molecule has 1 saturated heterocycles. The summed E-state index contributed by atoms with van der Waals surface area (Å²) in [6.07, 6.45) is 5.58. The number of piperazine rings is 1. The summed E-state index contributed by atoms with van der Waals surface area (Å²) in [7, 11) is 2.53. The van der Waals surface area contributed by atoms with Gasteiger partial charge < -0.3 is 9.80 Å². The predicted molar refractivity (Wildman–Crippen MR) is 145 cm³/mol. The maximum Gasteiger partial charge on any atom is 0.272 e. The van der Waals surface area contributed by atoms with Crippen LogP contribution in [0.3, 0.4) is 0 Å². The van der Waals surface area contributed by atoms with Crippen LogP contribution in [-0.4, -0.2) is 58.4 Å². The Morgan fingerprint density at radius 1 is 1.32 bits per heavy atom. The Balaban J connectivity index is 1.62. The second-order valence-corrected chi connectivity index (χ2v) is 9.57. The Bertz CT molecular complexity index is 1090. The Morgan fingerprint density at radius 3 is 2.74 bits per heavy atom. The van der Waals surface area contributed by atoms with Crippen LogP contribution in [0.25, 0.3) is 0 Å². The monoisotopic (exact) mass is 497 g/mol. The van der Waals surface area contributed by atoms with Crippen LogP contribution in [0.15, 0.2) is 59.2 Å². The van der Waals surface area contributed by atoms with Gasteiger partial charge in [-0.2, -0.15) is 0 Å². The lowest BCUT2D eigenvalue weighted by Gasteiger charge is -2.41. The van der Waals surface area contributed by atoms with Crippen molar-refractivity contribution >= 4 is 44.2 Å². The van der Waals surface area contributed by atoms with Gasteiger partial charge in [0.05, 0.1) is 11.1 Å². The SMILES string of the molecule is CC=C(C(=N)/N=C\C(CC)Cc1cccc(Cl)c1)N1CCN(C(=O)c2cccc(P)n2)[C@@H](C)C1. The van der Waals surface area contributed by atoms with E-state index in [1.165, 1.54) is 5.56 Å². The van der Waals surface area contributed by atoms with Gasteiger partial charge >= 0.3 is 0 Å². The number of halogens is 1. The molecule has 1 amide bonds. The molecule has 180 valence electrons. The van der Waals surface area contributed by atoms with E-state index in [1.54, 1.807) is 6.07 Å². The first kappa shape index (κ1) is 26.1. The number of carbonyl (C=O) groups excluding carboxylic acids is 1. The van der Waals surface area contributed by atoms with Gasteiger partial charge in [-0.3, -0.25) is 10.2 Å². The Kier molecular flexibility index (Phi) is 9.37. The second-order valence-electron chi connectivity index (χ2n) is 8.54. The number of hydrogen-bond donors (Lipinski definition) is 1. The first-order valence-electron chi connectivity index (χ1n) is 11.6. The van der Waals surface area contributed by atoms with E-state index < -0.39 is 0 Å². The molecule has 2 aromatic rings. The molecular formula is C26H33ClN5OP. The van der Waals surface area contributed by atoms with Gasteiger partial charge in [0.15, 0.2) is 5.84 Å². The quantitative estimate of drug-likeness (QED) is 0.345. The molecule has 3 rings (SSSR count). The van der Waals surface area contributed by atoms with E-state index in [0.717, 1.165) is 29.0 Å². The number of amides is 1. The predicted octanol–water partition coefficient (Wildman–Crippen LogP) is 4.60. The van der Waals surface area contributed by atoms with E-state index >= 15 is 0 Å². The smallest absolute Gasteiger partial charge is 0.272 e. The molecule has 0 spiro atoms. The van der Waals surface area contributed by atoms with Crippen molar-refractivity contribution in [1.82, 2.24) is 14.8 Å². The molecule has 8 heteroatoms. The van der Waals surface area contributed by atoms with Crippen molar-refractivity contribution in [3.63, 3.8) is 0 Å². The lowest BCUT2D eigenvalue weighted by atomic mass is 9.98. The Morgan fingerprint density at radius 2 is 2.09 bits per heavy atom. The maximum absolute atomic E-state index is 13.0. The molecule has 1 aromatic carbocycles. The van der Waals surface area contributed by atoms with Gasteiger partial charge in [0, 0.05) is 36.9 Å². The van der Waals surface area contributed by atoms with E-state index in [-0.39, 0.29) is 23.7 Å². The fourth-order valence-electron chi connectivity index (χ4n) is 4.18. The fraction of sp³-hybridized carbons (Fsp3) is 0.385. The van der Waals surface area contributed by atoms with Crippen molar-refractivity contribution in [3.05, 3.63) is 70.5 Å². The number of rotatable bonds is 7. The van der Waals surface area contributed by atoms with E-state index in [2.05, 4.69) is 37.1 Å². The molecule has 0 aliphatic carbocycles. The number of hydrogen-bond acceptors (Lipinski definition) is 4. The highest BCUT2D eigenvalue weighted by atomic mass is 35.5. The highest BCUT2D eigenvalue weighted by molar-refractivity contribution is 7.26. The minimum atomic E-state index is -0.0571. The lowest BCUT2D eigenvalue weighted by Crippen LogP contribution is -2.54. The average Bonchev–Trinajstić information content (AvgIpc) is 2.82. The van der Waals surface area contributed by atoms with Crippen LogP contribution in [-0.2, 0) is 6.42 Å². The first-order valence-corrected chi connectivity index (χ1v) is 12.6. The highest BCUT2D eigenvalue weighted by Gasteiger charge is 2.30. The van der Waals surface area contributed by atoms with Crippen molar-refractivity contribution in [1.29, 1.82) is 5.41 Å². The number of benzene rings is 1. The first-order chi connectivity index (χ1) is 16.3. The number of pyridine rings is 1. The summed E-state index contributed by atoms with van der Waals surface area (Å²) in [4.78, 5) is 25.8. The van der Waals surface area contributed by atoms with Crippen LogP contribution in [0, 0.1) is 11.3 Å². The zero-order valence-corrected chi connectivity index (χ0v) is 21.9. The maximum atomic E-state index is 13.0. The minimum Gasteiger partial charge on any atom is -0.365 e. The molecule has 2 heterocycles. The summed E-state index contributed by atoms with van der Waals surface area (Å²) < 4.78 is 0. The molecule has 34 heavy (non-hydrogen) atoms. The van der Waals surface area contributed by atoms with Crippen molar-refractivity contribution in [2.24, 2.45) is 10.9 Å². The van der Waals surface area contributed by atoms with Gasteiger partial charge in [-0.15, -0.1) is 0 Å². The third kappa shape index (κ3) is 6.74. The molecule has 6 nitrogen and oxygen atoms in total. The van der Waals surface area contributed by atoms with Gasteiger partial charge in [-0.05, 0) is 62.4 Å². The van der Waals surface area contributed by atoms with Crippen molar-refractivity contribution in [2.45, 2.75) is 39.7 Å². The molecule has 1 aliphatic heterocycles. The van der Waals surface area contributed by atoms with Crippen molar-refractivity contribution < 1.29 is 4.79 Å². The normalized spacial score (nSPS) is 17.8. The van der Waals surface area contributed by atoms with Gasteiger partial charge in [0.2, 0.25) is 0 Å². The molecule has 1 N–H and O–H groups in total. The zero-order chi connectivity index (χ0) is 24.7. The number of carbonyl (C=O) groups is 1. The minimum absolute atomic E-state index is 0.00540. The summed E-state index contributed by atoms with van der Waals surface area (Å²) in [5.41, 5.74) is 3.17. The van der Waals surface area contributed by atoms with Crippen LogP contribution in [0.1, 0.15) is 43.2 Å². The third-order valence-corrected chi connectivity index (χ3v) is 6.62. The fourth-order valence-corrected chi connectivity index (χ4v) is 4.64. The molecule has 0 radical (unpaired) electrons. The van der Waals surface area contributed by atoms with Gasteiger partial charge in [-0.1, -0.05) is 52.0 Å². The van der Waals surface area contributed by atoms with E-state index in [1.807, 2.05) is 61.4 Å². The van der Waals surface area contributed by atoms with Gasteiger partial charge in [0.1, 0.15) is 5.69 Å². The van der Waals surface area contributed by atoms with Crippen molar-refractivity contribution in [3.8, 4) is 0 Å². The molecule has 1 aliphatic rings. The molecule has 0 saturated carbocycles. The molecule has 0 bridgehead atoms.